The lowest BCUT2D eigenvalue weighted by Gasteiger charge is -2.09. The van der Waals surface area contributed by atoms with Crippen molar-refractivity contribution in [2.24, 2.45) is 0 Å². The number of hydrogen-bond donors (Lipinski definition) is 2. The number of aromatic nitrogens is 3. The van der Waals surface area contributed by atoms with E-state index in [2.05, 4.69) is 27.4 Å². The van der Waals surface area contributed by atoms with Crippen molar-refractivity contribution in [3.63, 3.8) is 0 Å². The number of imide groups is 1. The van der Waals surface area contributed by atoms with E-state index in [1.165, 1.54) is 17.8 Å². The average molecular weight is 283 g/mol. The molecule has 0 aliphatic heterocycles. The lowest BCUT2D eigenvalue weighted by atomic mass is 10.4. The van der Waals surface area contributed by atoms with Gasteiger partial charge in [-0.15, -0.1) is 16.8 Å². The quantitative estimate of drug-likeness (QED) is 0.599. The Morgan fingerprint density at radius 1 is 1.58 bits per heavy atom. The molecule has 1 rings (SSSR count). The normalized spacial score (nSPS) is 10.3. The van der Waals surface area contributed by atoms with E-state index in [1.807, 2.05) is 18.4 Å². The molecular weight excluding hydrogens is 266 g/mol. The van der Waals surface area contributed by atoms with Crippen LogP contribution in [0, 0.1) is 0 Å². The van der Waals surface area contributed by atoms with Gasteiger partial charge in [0.25, 0.3) is 0 Å². The highest BCUT2D eigenvalue weighted by atomic mass is 32.2. The molecular formula is C11H17N5O2S. The van der Waals surface area contributed by atoms with Crippen LogP contribution in [0.5, 0.6) is 0 Å². The Morgan fingerprint density at radius 3 is 2.95 bits per heavy atom. The maximum absolute atomic E-state index is 11.5. The van der Waals surface area contributed by atoms with E-state index in [-0.39, 0.29) is 17.7 Å². The molecule has 0 unspecified atom stereocenters. The molecule has 1 heterocycles. The van der Waals surface area contributed by atoms with Gasteiger partial charge >= 0.3 is 6.03 Å². The van der Waals surface area contributed by atoms with Crippen LogP contribution in [-0.2, 0) is 4.79 Å². The largest absolute Gasteiger partial charge is 0.334 e. The van der Waals surface area contributed by atoms with Crippen LogP contribution in [0.15, 0.2) is 24.1 Å². The zero-order chi connectivity index (χ0) is 14.3. The van der Waals surface area contributed by atoms with Crippen molar-refractivity contribution in [1.82, 2.24) is 25.4 Å². The third kappa shape index (κ3) is 5.12. The van der Waals surface area contributed by atoms with Crippen LogP contribution in [0.3, 0.4) is 0 Å². The van der Waals surface area contributed by atoms with Gasteiger partial charge in [-0.25, -0.2) is 4.79 Å². The minimum Gasteiger partial charge on any atom is -0.334 e. The fourth-order valence-electron chi connectivity index (χ4n) is 1.19. The third-order valence-corrected chi connectivity index (χ3v) is 3.05. The number of rotatable bonds is 6. The van der Waals surface area contributed by atoms with Gasteiger partial charge in [-0.05, 0) is 13.8 Å². The Bertz CT molecular complexity index is 458. The molecule has 0 saturated heterocycles. The fourth-order valence-corrected chi connectivity index (χ4v) is 2.04. The van der Waals surface area contributed by atoms with Gasteiger partial charge in [0.1, 0.15) is 6.33 Å². The van der Waals surface area contributed by atoms with Crippen molar-refractivity contribution >= 4 is 23.7 Å². The van der Waals surface area contributed by atoms with Crippen molar-refractivity contribution in [3.05, 3.63) is 19.0 Å². The summed E-state index contributed by atoms with van der Waals surface area (Å²) in [5.74, 6) is -0.280. The lowest BCUT2D eigenvalue weighted by molar-refractivity contribution is -0.117. The van der Waals surface area contributed by atoms with Gasteiger partial charge in [-0.1, -0.05) is 17.8 Å². The third-order valence-electron chi connectivity index (χ3n) is 2.09. The topological polar surface area (TPSA) is 88.9 Å². The molecule has 0 atom stereocenters. The Morgan fingerprint density at radius 2 is 2.32 bits per heavy atom. The molecule has 0 bridgehead atoms. The number of nitrogens with zero attached hydrogens (tertiary/aromatic N) is 3. The molecule has 1 aromatic heterocycles. The van der Waals surface area contributed by atoms with Gasteiger partial charge in [-0.3, -0.25) is 10.1 Å². The maximum atomic E-state index is 11.5. The zero-order valence-corrected chi connectivity index (χ0v) is 11.7. The predicted octanol–water partition coefficient (Wildman–Crippen LogP) is 0.963. The van der Waals surface area contributed by atoms with Crippen molar-refractivity contribution in [2.75, 3.05) is 12.3 Å². The summed E-state index contributed by atoms with van der Waals surface area (Å²) in [7, 11) is 0. The lowest BCUT2D eigenvalue weighted by Crippen LogP contribution is -2.40. The van der Waals surface area contributed by atoms with Crippen LogP contribution >= 0.6 is 11.8 Å². The van der Waals surface area contributed by atoms with Gasteiger partial charge < -0.3 is 9.88 Å². The molecule has 2 N–H and O–H groups in total. The second-order valence-electron chi connectivity index (χ2n) is 3.95. The minimum atomic E-state index is -0.532. The summed E-state index contributed by atoms with van der Waals surface area (Å²) >= 11 is 1.23. The van der Waals surface area contributed by atoms with E-state index < -0.39 is 6.03 Å². The summed E-state index contributed by atoms with van der Waals surface area (Å²) in [5, 5.41) is 13.0. The first-order valence-corrected chi connectivity index (χ1v) is 6.74. The molecule has 0 fully saturated rings. The number of thioether (sulfide) groups is 1. The van der Waals surface area contributed by atoms with Gasteiger partial charge in [0.15, 0.2) is 5.16 Å². The Kier molecular flexibility index (Phi) is 6.07. The molecule has 1 aromatic rings. The molecule has 0 saturated carbocycles. The number of carbonyl (C=O) groups is 2. The highest BCUT2D eigenvalue weighted by molar-refractivity contribution is 7.99. The van der Waals surface area contributed by atoms with Crippen molar-refractivity contribution in [1.29, 1.82) is 0 Å². The van der Waals surface area contributed by atoms with E-state index in [4.69, 9.17) is 0 Å². The smallest absolute Gasteiger partial charge is 0.321 e. The average Bonchev–Trinajstić information content (AvgIpc) is 2.82. The van der Waals surface area contributed by atoms with E-state index >= 15 is 0 Å². The molecule has 3 amide bonds. The number of urea groups is 1. The summed E-state index contributed by atoms with van der Waals surface area (Å²) in [4.78, 5) is 22.7. The Balaban J connectivity index is 2.39. The molecule has 104 valence electrons. The number of hydrogen-bond acceptors (Lipinski definition) is 5. The van der Waals surface area contributed by atoms with Crippen molar-refractivity contribution in [2.45, 2.75) is 25.0 Å². The van der Waals surface area contributed by atoms with Gasteiger partial charge in [-0.2, -0.15) is 0 Å². The fraction of sp³-hybridized carbons (Fsp3) is 0.455. The van der Waals surface area contributed by atoms with E-state index in [9.17, 15) is 9.59 Å². The van der Waals surface area contributed by atoms with Crippen LogP contribution in [-0.4, -0.2) is 39.0 Å². The molecule has 8 heteroatoms. The number of amides is 3. The molecule has 7 nitrogen and oxygen atoms in total. The van der Waals surface area contributed by atoms with Crippen molar-refractivity contribution in [3.8, 4) is 0 Å². The first-order chi connectivity index (χ1) is 9.04. The first-order valence-electron chi connectivity index (χ1n) is 5.75. The van der Waals surface area contributed by atoms with Crippen LogP contribution in [0.25, 0.3) is 0 Å². The molecule has 0 aliphatic carbocycles. The van der Waals surface area contributed by atoms with Crippen LogP contribution in [0.4, 0.5) is 4.79 Å². The molecule has 0 spiro atoms. The summed E-state index contributed by atoms with van der Waals surface area (Å²) in [6.07, 6.45) is 3.14. The molecule has 0 aliphatic rings. The highest BCUT2D eigenvalue weighted by Gasteiger charge is 2.12. The van der Waals surface area contributed by atoms with Crippen molar-refractivity contribution < 1.29 is 9.59 Å². The minimum absolute atomic E-state index is 0.104. The zero-order valence-electron chi connectivity index (χ0n) is 10.9. The molecule has 0 aromatic carbocycles. The standard InChI is InChI=1S/C11H17N5O2S/c1-4-5-12-10(18)14-9(17)6-19-11-15-13-7-16(11)8(2)3/h4,7-8H,1,5-6H2,2-3H3,(H2,12,14,17,18). The van der Waals surface area contributed by atoms with Gasteiger partial charge in [0.2, 0.25) is 5.91 Å². The first kappa shape index (κ1) is 15.2. The molecule has 0 radical (unpaired) electrons. The van der Waals surface area contributed by atoms with Gasteiger partial charge in [0, 0.05) is 12.6 Å². The van der Waals surface area contributed by atoms with E-state index in [0.29, 0.717) is 11.7 Å². The summed E-state index contributed by atoms with van der Waals surface area (Å²) in [5.41, 5.74) is 0. The summed E-state index contributed by atoms with van der Waals surface area (Å²) in [6, 6.07) is -0.313. The van der Waals surface area contributed by atoms with E-state index in [1.54, 1.807) is 6.33 Å². The summed E-state index contributed by atoms with van der Waals surface area (Å²) in [6.45, 7) is 7.76. The monoisotopic (exact) mass is 283 g/mol. The second kappa shape index (κ2) is 7.57. The predicted molar refractivity (Wildman–Crippen MR) is 72.9 cm³/mol. The van der Waals surface area contributed by atoms with Crippen LogP contribution in [0.1, 0.15) is 19.9 Å². The SMILES string of the molecule is C=CCNC(=O)NC(=O)CSc1nncn1C(C)C. The van der Waals surface area contributed by atoms with Crippen LogP contribution < -0.4 is 10.6 Å². The van der Waals surface area contributed by atoms with Gasteiger partial charge in [0.05, 0.1) is 5.75 Å². The number of carbonyl (C=O) groups excluding carboxylic acids is 2. The highest BCUT2D eigenvalue weighted by Crippen LogP contribution is 2.18. The molecule has 19 heavy (non-hydrogen) atoms. The van der Waals surface area contributed by atoms with E-state index in [0.717, 1.165) is 0 Å². The van der Waals surface area contributed by atoms with Crippen LogP contribution in [0.2, 0.25) is 0 Å². The maximum Gasteiger partial charge on any atom is 0.321 e. The number of nitrogens with one attached hydrogen (secondary N) is 2. The summed E-state index contributed by atoms with van der Waals surface area (Å²) < 4.78 is 1.86. The second-order valence-corrected chi connectivity index (χ2v) is 4.89. The Labute approximate surface area is 115 Å². The Hall–Kier alpha value is -1.83.